The van der Waals surface area contributed by atoms with Gasteiger partial charge in [-0.3, -0.25) is 4.79 Å². The van der Waals surface area contributed by atoms with Crippen LogP contribution in [0.1, 0.15) is 18.5 Å². The Morgan fingerprint density at radius 3 is 2.71 bits per heavy atom. The van der Waals surface area contributed by atoms with Gasteiger partial charge >= 0.3 is 0 Å². The molecule has 0 unspecified atom stereocenters. The first kappa shape index (κ1) is 15.8. The van der Waals surface area contributed by atoms with Crippen LogP contribution in [0.25, 0.3) is 0 Å². The lowest BCUT2D eigenvalue weighted by Gasteiger charge is -2.11. The number of rotatable bonds is 5. The molecule has 0 fully saturated rings. The van der Waals surface area contributed by atoms with Crippen LogP contribution in [0.3, 0.4) is 0 Å². The van der Waals surface area contributed by atoms with Crippen LogP contribution < -0.4 is 10.6 Å². The van der Waals surface area contributed by atoms with Crippen molar-refractivity contribution >= 4 is 34.9 Å². The average Bonchev–Trinajstić information content (AvgIpc) is 2.48. The molecule has 0 saturated heterocycles. The average molecular weight is 325 g/mol. The molecular weight excluding hydrogens is 309 g/mol. The van der Waals surface area contributed by atoms with Crippen LogP contribution >= 0.6 is 23.2 Å². The maximum Gasteiger partial charge on any atom is 0.280 e. The van der Waals surface area contributed by atoms with Crippen molar-refractivity contribution in [3.8, 4) is 0 Å². The molecule has 6 heteroatoms. The predicted molar refractivity (Wildman–Crippen MR) is 84.5 cm³/mol. The molecule has 0 saturated carbocycles. The van der Waals surface area contributed by atoms with Gasteiger partial charge in [0.2, 0.25) is 0 Å². The number of aromatic nitrogens is 1. The quantitative estimate of drug-likeness (QED) is 0.888. The molecule has 0 bridgehead atoms. The van der Waals surface area contributed by atoms with Gasteiger partial charge in [-0.2, -0.15) is 0 Å². The molecule has 1 amide bonds. The zero-order chi connectivity index (χ0) is 15.2. The molecule has 1 aromatic heterocycles. The number of nitrogens with one attached hydrogen (secondary N) is 1. The smallest absolute Gasteiger partial charge is 0.280 e. The Balaban J connectivity index is 1.87. The van der Waals surface area contributed by atoms with E-state index >= 15 is 0 Å². The number of hydrogen-bond donors (Lipinski definition) is 2. The molecule has 4 nitrogen and oxygen atoms in total. The minimum atomic E-state index is -0.158. The topological polar surface area (TPSA) is 58.6 Å². The molecule has 1 aromatic carbocycles. The van der Waals surface area contributed by atoms with Gasteiger partial charge in [0.1, 0.15) is 6.04 Å². The molecule has 0 radical (unpaired) electrons. The summed E-state index contributed by atoms with van der Waals surface area (Å²) >= 11 is 11.7. The summed E-state index contributed by atoms with van der Waals surface area (Å²) in [6.45, 7) is 2.34. The van der Waals surface area contributed by atoms with Crippen molar-refractivity contribution < 1.29 is 10.1 Å². The number of carbonyl (C=O) groups is 1. The number of carbonyl (C=O) groups excluding carboxylic acids is 1. The van der Waals surface area contributed by atoms with E-state index in [1.54, 1.807) is 6.07 Å². The van der Waals surface area contributed by atoms with Crippen LogP contribution in [-0.4, -0.2) is 17.4 Å². The first-order valence-corrected chi connectivity index (χ1v) is 7.31. The van der Waals surface area contributed by atoms with E-state index in [0.29, 0.717) is 15.9 Å². The van der Waals surface area contributed by atoms with Gasteiger partial charge in [0.15, 0.2) is 12.4 Å². The van der Waals surface area contributed by atoms with Crippen LogP contribution in [0.4, 0.5) is 5.82 Å². The lowest BCUT2D eigenvalue weighted by molar-refractivity contribution is -0.682. The second-order valence-electron chi connectivity index (χ2n) is 4.67. The summed E-state index contributed by atoms with van der Waals surface area (Å²) in [5.74, 6) is 0.168. The van der Waals surface area contributed by atoms with E-state index in [1.165, 1.54) is 11.8 Å². The number of nitrogens with two attached hydrogens (primary N) is 1. The number of quaternary nitrogens is 1. The lowest BCUT2D eigenvalue weighted by atomic mass is 10.1. The van der Waals surface area contributed by atoms with E-state index in [4.69, 9.17) is 23.2 Å². The molecule has 1 heterocycles. The van der Waals surface area contributed by atoms with Crippen LogP contribution in [0.2, 0.25) is 10.0 Å². The fourth-order valence-corrected chi connectivity index (χ4v) is 2.29. The largest absolute Gasteiger partial charge is 0.333 e. The summed E-state index contributed by atoms with van der Waals surface area (Å²) < 4.78 is 0. The van der Waals surface area contributed by atoms with Crippen molar-refractivity contribution in [2.45, 2.75) is 13.0 Å². The Kier molecular flexibility index (Phi) is 5.56. The SMILES string of the molecule is C[C@@H]([NH2+]CC(=O)Nc1ncc(Cl)cc1Cl)c1ccccc1. The molecule has 110 valence electrons. The Morgan fingerprint density at radius 1 is 1.33 bits per heavy atom. The molecule has 0 aliphatic heterocycles. The molecule has 0 spiro atoms. The Labute approximate surface area is 133 Å². The summed E-state index contributed by atoms with van der Waals surface area (Å²) in [5.41, 5.74) is 1.17. The first-order valence-electron chi connectivity index (χ1n) is 6.55. The third-order valence-electron chi connectivity index (χ3n) is 3.05. The molecular formula is C15H16Cl2N3O+. The van der Waals surface area contributed by atoms with E-state index in [0.717, 1.165) is 0 Å². The number of benzene rings is 1. The zero-order valence-corrected chi connectivity index (χ0v) is 13.0. The third-order valence-corrected chi connectivity index (χ3v) is 3.54. The highest BCUT2D eigenvalue weighted by Gasteiger charge is 2.13. The van der Waals surface area contributed by atoms with Gasteiger partial charge < -0.3 is 10.6 Å². The van der Waals surface area contributed by atoms with Gasteiger partial charge in [0.05, 0.1) is 10.0 Å². The summed E-state index contributed by atoms with van der Waals surface area (Å²) in [7, 11) is 0. The minimum Gasteiger partial charge on any atom is -0.333 e. The van der Waals surface area contributed by atoms with Crippen LogP contribution in [0, 0.1) is 0 Å². The van der Waals surface area contributed by atoms with Crippen molar-refractivity contribution in [2.75, 3.05) is 11.9 Å². The molecule has 3 N–H and O–H groups in total. The summed E-state index contributed by atoms with van der Waals surface area (Å²) in [6, 6.07) is 11.8. The summed E-state index contributed by atoms with van der Waals surface area (Å²) in [6.07, 6.45) is 1.44. The lowest BCUT2D eigenvalue weighted by Crippen LogP contribution is -2.86. The van der Waals surface area contributed by atoms with E-state index < -0.39 is 0 Å². The highest BCUT2D eigenvalue weighted by atomic mass is 35.5. The number of nitrogens with zero attached hydrogens (tertiary/aromatic N) is 1. The van der Waals surface area contributed by atoms with E-state index in [-0.39, 0.29) is 18.5 Å². The molecule has 21 heavy (non-hydrogen) atoms. The van der Waals surface area contributed by atoms with Gasteiger partial charge in [-0.1, -0.05) is 53.5 Å². The van der Waals surface area contributed by atoms with Crippen molar-refractivity contribution in [1.29, 1.82) is 0 Å². The van der Waals surface area contributed by atoms with Crippen LogP contribution in [0.15, 0.2) is 42.6 Å². The van der Waals surface area contributed by atoms with Gasteiger partial charge in [-0.05, 0) is 13.0 Å². The zero-order valence-electron chi connectivity index (χ0n) is 11.5. The van der Waals surface area contributed by atoms with Crippen molar-refractivity contribution in [3.63, 3.8) is 0 Å². The number of pyridine rings is 1. The fraction of sp³-hybridized carbons (Fsp3) is 0.200. The molecule has 1 atom stereocenters. The highest BCUT2D eigenvalue weighted by molar-refractivity contribution is 6.36. The van der Waals surface area contributed by atoms with Crippen molar-refractivity contribution in [1.82, 2.24) is 4.98 Å². The van der Waals surface area contributed by atoms with Crippen LogP contribution in [0.5, 0.6) is 0 Å². The number of amides is 1. The van der Waals surface area contributed by atoms with Gasteiger partial charge in [0.25, 0.3) is 5.91 Å². The van der Waals surface area contributed by atoms with E-state index in [9.17, 15) is 4.79 Å². The van der Waals surface area contributed by atoms with E-state index in [2.05, 4.69) is 17.2 Å². The maximum atomic E-state index is 11.9. The predicted octanol–water partition coefficient (Wildman–Crippen LogP) is 2.65. The minimum absolute atomic E-state index is 0.158. The third kappa shape index (κ3) is 4.70. The Morgan fingerprint density at radius 2 is 2.05 bits per heavy atom. The Hall–Kier alpha value is -1.62. The van der Waals surface area contributed by atoms with Crippen LogP contribution in [-0.2, 0) is 4.79 Å². The number of hydrogen-bond acceptors (Lipinski definition) is 2. The monoisotopic (exact) mass is 324 g/mol. The molecule has 0 aliphatic rings. The summed E-state index contributed by atoms with van der Waals surface area (Å²) in [4.78, 5) is 15.9. The standard InChI is InChI=1S/C15H15Cl2N3O/c1-10(11-5-3-2-4-6-11)18-9-14(21)20-15-13(17)7-12(16)8-19-15/h2-8,10,18H,9H2,1H3,(H,19,20,21)/p+1/t10-/m1/s1. The summed E-state index contributed by atoms with van der Waals surface area (Å²) in [5, 5.41) is 5.38. The second kappa shape index (κ2) is 7.41. The molecule has 2 aromatic rings. The molecule has 0 aliphatic carbocycles. The maximum absolute atomic E-state index is 11.9. The van der Waals surface area contributed by atoms with Crippen molar-refractivity contribution in [3.05, 3.63) is 58.2 Å². The second-order valence-corrected chi connectivity index (χ2v) is 5.51. The first-order chi connectivity index (χ1) is 10.1. The van der Waals surface area contributed by atoms with Gasteiger partial charge in [0, 0.05) is 11.8 Å². The normalized spacial score (nSPS) is 12.0. The Bertz CT molecular complexity index is 620. The fourth-order valence-electron chi connectivity index (χ4n) is 1.87. The highest BCUT2D eigenvalue weighted by Crippen LogP contribution is 2.22. The number of anilines is 1. The number of halogens is 2. The van der Waals surface area contributed by atoms with E-state index in [1.807, 2.05) is 35.6 Å². The van der Waals surface area contributed by atoms with Gasteiger partial charge in [-0.15, -0.1) is 0 Å². The van der Waals surface area contributed by atoms with Crippen molar-refractivity contribution in [2.24, 2.45) is 0 Å². The molecule has 2 rings (SSSR count). The van der Waals surface area contributed by atoms with Gasteiger partial charge in [-0.25, -0.2) is 4.98 Å².